The molecule has 3 aliphatic rings. The molecule has 9 heteroatoms. The van der Waals surface area contributed by atoms with Crippen LogP contribution in [-0.4, -0.2) is 38.9 Å². The number of amides is 1. The van der Waals surface area contributed by atoms with Gasteiger partial charge in [-0.05, 0) is 48.4 Å². The van der Waals surface area contributed by atoms with E-state index in [2.05, 4.69) is 69.4 Å². The number of benzene rings is 1. The maximum Gasteiger partial charge on any atom is 0.230 e. The number of thiophene rings is 1. The molecule has 3 N–H and O–H groups in total. The summed E-state index contributed by atoms with van der Waals surface area (Å²) in [4.78, 5) is 15.5. The number of rotatable bonds is 5. The largest absolute Gasteiger partial charge is 0.350 e. The second-order valence-corrected chi connectivity index (χ2v) is 10.0. The molecule has 0 bridgehead atoms. The Bertz CT molecular complexity index is 1020. The average molecular weight is 455 g/mol. The van der Waals surface area contributed by atoms with Crippen molar-refractivity contribution in [1.82, 2.24) is 26.1 Å². The van der Waals surface area contributed by atoms with Crippen LogP contribution in [0.5, 0.6) is 0 Å². The summed E-state index contributed by atoms with van der Waals surface area (Å²) in [6.45, 7) is 4.89. The van der Waals surface area contributed by atoms with Gasteiger partial charge >= 0.3 is 0 Å². The summed E-state index contributed by atoms with van der Waals surface area (Å²) in [6, 6.07) is 11.2. The molecule has 1 amide bonds. The Kier molecular flexibility index (Phi) is 5.64. The number of hydrogen-bond donors (Lipinski definition) is 3. The fourth-order valence-electron chi connectivity index (χ4n) is 4.13. The molecule has 0 saturated carbocycles. The van der Waals surface area contributed by atoms with Gasteiger partial charge in [0.1, 0.15) is 6.17 Å². The van der Waals surface area contributed by atoms with Gasteiger partial charge in [0.15, 0.2) is 5.17 Å². The fourth-order valence-corrected chi connectivity index (χ4v) is 5.58. The standard InChI is InChI=1S/C22H26N6OS2/c1-14-5-6-16(10-15(14)2)18-11-19-21-24-25-22(27(21)7-8-28(19)26-18)31-13-20(29)23-12-17-4-3-9-30-17/h3-10,18-19,21,24,26H,11-13H2,1-2H3,(H,23,29). The predicted molar refractivity (Wildman–Crippen MR) is 126 cm³/mol. The van der Waals surface area contributed by atoms with Gasteiger partial charge in [-0.2, -0.15) is 5.10 Å². The van der Waals surface area contributed by atoms with Crippen molar-refractivity contribution < 1.29 is 4.79 Å². The van der Waals surface area contributed by atoms with Gasteiger partial charge in [-0.3, -0.25) is 10.2 Å². The normalized spacial score (nSPS) is 23.9. The lowest BCUT2D eigenvalue weighted by molar-refractivity contribution is -0.118. The van der Waals surface area contributed by atoms with E-state index in [9.17, 15) is 4.79 Å². The minimum absolute atomic E-state index is 0.0181. The van der Waals surface area contributed by atoms with E-state index in [1.165, 1.54) is 28.5 Å². The molecule has 7 nitrogen and oxygen atoms in total. The Morgan fingerprint density at radius 3 is 3.00 bits per heavy atom. The lowest BCUT2D eigenvalue weighted by atomic mass is 9.97. The van der Waals surface area contributed by atoms with Crippen molar-refractivity contribution in [2.45, 2.75) is 45.1 Å². The van der Waals surface area contributed by atoms with Crippen molar-refractivity contribution in [3.63, 3.8) is 0 Å². The lowest BCUT2D eigenvalue weighted by Crippen LogP contribution is -2.54. The maximum atomic E-state index is 12.2. The van der Waals surface area contributed by atoms with Gasteiger partial charge in [0.2, 0.25) is 5.91 Å². The van der Waals surface area contributed by atoms with Gasteiger partial charge in [-0.15, -0.1) is 11.3 Å². The maximum absolute atomic E-state index is 12.2. The third kappa shape index (κ3) is 4.17. The number of carbonyl (C=O) groups excluding carboxylic acids is 1. The zero-order valence-corrected chi connectivity index (χ0v) is 19.2. The number of nitrogens with one attached hydrogen (secondary N) is 3. The Hall–Kier alpha value is -2.49. The van der Waals surface area contributed by atoms with Crippen LogP contribution in [0.15, 0.2) is 53.2 Å². The zero-order chi connectivity index (χ0) is 21.4. The highest BCUT2D eigenvalue weighted by atomic mass is 32.2. The number of carbonyl (C=O) groups is 1. The van der Waals surface area contributed by atoms with Crippen LogP contribution in [-0.2, 0) is 11.3 Å². The number of nitrogens with zero attached hydrogens (tertiary/aromatic N) is 3. The number of hydrogen-bond acceptors (Lipinski definition) is 8. The quantitative estimate of drug-likeness (QED) is 0.645. The highest BCUT2D eigenvalue weighted by Gasteiger charge is 2.44. The molecule has 3 aliphatic heterocycles. The van der Waals surface area contributed by atoms with E-state index < -0.39 is 0 Å². The SMILES string of the molecule is Cc1ccc(C2CC3C4NN=C(SCC(=O)NCc5cccs5)N4C=CN3N2)cc1C. The Balaban J connectivity index is 1.17. The summed E-state index contributed by atoms with van der Waals surface area (Å²) >= 11 is 3.11. The molecule has 0 spiro atoms. The van der Waals surface area contributed by atoms with E-state index in [1.54, 1.807) is 11.3 Å². The molecule has 1 fully saturated rings. The summed E-state index contributed by atoms with van der Waals surface area (Å²) in [5.41, 5.74) is 10.9. The van der Waals surface area contributed by atoms with Gasteiger partial charge in [0.25, 0.3) is 0 Å². The molecule has 3 atom stereocenters. The number of fused-ring (bicyclic) bond motifs is 3. The van der Waals surface area contributed by atoms with Crippen LogP contribution < -0.4 is 16.2 Å². The third-order valence-electron chi connectivity index (χ3n) is 6.01. The van der Waals surface area contributed by atoms with Gasteiger partial charge in [-0.1, -0.05) is 36.0 Å². The number of hydrazine groups is 1. The second kappa shape index (κ2) is 8.57. The lowest BCUT2D eigenvalue weighted by Gasteiger charge is -2.36. The molecule has 2 aromatic rings. The molecule has 31 heavy (non-hydrogen) atoms. The molecule has 162 valence electrons. The van der Waals surface area contributed by atoms with Gasteiger partial charge in [-0.25, -0.2) is 5.43 Å². The van der Waals surface area contributed by atoms with E-state index in [0.717, 1.165) is 16.5 Å². The van der Waals surface area contributed by atoms with Crippen LogP contribution in [0.25, 0.3) is 0 Å². The first-order valence-electron chi connectivity index (χ1n) is 10.4. The van der Waals surface area contributed by atoms with E-state index >= 15 is 0 Å². The van der Waals surface area contributed by atoms with Crippen molar-refractivity contribution >= 4 is 34.2 Å². The molecule has 5 rings (SSSR count). The zero-order valence-electron chi connectivity index (χ0n) is 17.5. The van der Waals surface area contributed by atoms with Crippen LogP contribution in [0.3, 0.4) is 0 Å². The third-order valence-corrected chi connectivity index (χ3v) is 7.85. The van der Waals surface area contributed by atoms with Crippen LogP contribution in [0, 0.1) is 13.8 Å². The molecule has 0 aliphatic carbocycles. The smallest absolute Gasteiger partial charge is 0.230 e. The van der Waals surface area contributed by atoms with Crippen molar-refractivity contribution in [3.8, 4) is 0 Å². The molecule has 1 saturated heterocycles. The molecule has 4 heterocycles. The van der Waals surface area contributed by atoms with E-state index in [0.29, 0.717) is 12.3 Å². The van der Waals surface area contributed by atoms with E-state index in [-0.39, 0.29) is 24.2 Å². The Morgan fingerprint density at radius 1 is 1.29 bits per heavy atom. The molecular formula is C22H26N6OS2. The first-order valence-corrected chi connectivity index (χ1v) is 12.3. The average Bonchev–Trinajstić information content (AvgIpc) is 3.51. The molecule has 1 aromatic carbocycles. The molecule has 1 aromatic heterocycles. The molecule has 3 unspecified atom stereocenters. The summed E-state index contributed by atoms with van der Waals surface area (Å²) in [6.07, 6.45) is 5.15. The minimum Gasteiger partial charge on any atom is -0.350 e. The number of hydrazone groups is 1. The van der Waals surface area contributed by atoms with Gasteiger partial charge in [0, 0.05) is 17.3 Å². The number of thioether (sulfide) groups is 1. The van der Waals surface area contributed by atoms with Crippen molar-refractivity contribution in [1.29, 1.82) is 0 Å². The fraction of sp³-hybridized carbons (Fsp3) is 0.364. The van der Waals surface area contributed by atoms with Gasteiger partial charge < -0.3 is 15.2 Å². The van der Waals surface area contributed by atoms with Crippen LogP contribution >= 0.6 is 23.1 Å². The Labute approximate surface area is 190 Å². The van der Waals surface area contributed by atoms with Crippen molar-refractivity contribution in [3.05, 3.63) is 69.7 Å². The predicted octanol–water partition coefficient (Wildman–Crippen LogP) is 3.02. The topological polar surface area (TPSA) is 72.0 Å². The highest BCUT2D eigenvalue weighted by molar-refractivity contribution is 8.14. The summed E-state index contributed by atoms with van der Waals surface area (Å²) in [7, 11) is 0. The first kappa shape index (κ1) is 20.4. The summed E-state index contributed by atoms with van der Waals surface area (Å²) < 4.78 is 0. The second-order valence-electron chi connectivity index (χ2n) is 8.05. The number of aryl methyl sites for hydroxylation is 2. The molecular weight excluding hydrogens is 428 g/mol. The molecule has 0 radical (unpaired) electrons. The number of amidine groups is 1. The summed E-state index contributed by atoms with van der Waals surface area (Å²) in [5.74, 6) is 0.366. The van der Waals surface area contributed by atoms with Gasteiger partial charge in [0.05, 0.1) is 24.4 Å². The van der Waals surface area contributed by atoms with Crippen LogP contribution in [0.4, 0.5) is 0 Å². The minimum atomic E-state index is 0.0181. The van der Waals surface area contributed by atoms with Crippen LogP contribution in [0.2, 0.25) is 0 Å². The summed E-state index contributed by atoms with van der Waals surface area (Å²) in [5, 5.41) is 12.5. The first-order chi connectivity index (χ1) is 15.1. The van der Waals surface area contributed by atoms with Crippen molar-refractivity contribution in [2.24, 2.45) is 5.10 Å². The van der Waals surface area contributed by atoms with Crippen molar-refractivity contribution in [2.75, 3.05) is 5.75 Å². The van der Waals surface area contributed by atoms with E-state index in [4.69, 9.17) is 0 Å². The highest BCUT2D eigenvalue weighted by Crippen LogP contribution is 2.35. The monoisotopic (exact) mass is 454 g/mol. The van der Waals surface area contributed by atoms with E-state index in [1.807, 2.05) is 23.7 Å². The Morgan fingerprint density at radius 2 is 2.19 bits per heavy atom. The van der Waals surface area contributed by atoms with Crippen LogP contribution in [0.1, 0.15) is 34.0 Å².